The Morgan fingerprint density at radius 1 is 1.30 bits per heavy atom. The number of hydrogen-bond donors (Lipinski definition) is 3. The zero-order valence-corrected chi connectivity index (χ0v) is 13.9. The third-order valence-corrected chi connectivity index (χ3v) is 4.42. The number of methoxy groups -OCH3 is 1. The first-order valence-electron chi connectivity index (χ1n) is 6.75. The molecule has 0 unspecified atom stereocenters. The number of carbonyl (C=O) groups excluding carboxylic acids is 1. The quantitative estimate of drug-likeness (QED) is 0.579. The van der Waals surface area contributed by atoms with Gasteiger partial charge in [0.15, 0.2) is 0 Å². The van der Waals surface area contributed by atoms with Gasteiger partial charge in [0.1, 0.15) is 5.54 Å². The van der Waals surface area contributed by atoms with Crippen molar-refractivity contribution < 1.29 is 27.9 Å². The van der Waals surface area contributed by atoms with Gasteiger partial charge in [-0.05, 0) is 32.0 Å². The highest BCUT2D eigenvalue weighted by Crippen LogP contribution is 2.13. The number of ether oxygens (including phenoxy) is 1. The monoisotopic (exact) mass is 344 g/mol. The Balaban J connectivity index is 2.96. The van der Waals surface area contributed by atoms with E-state index in [0.29, 0.717) is 0 Å². The van der Waals surface area contributed by atoms with E-state index in [1.165, 1.54) is 45.2 Å². The van der Waals surface area contributed by atoms with Crippen LogP contribution in [0.1, 0.15) is 24.2 Å². The van der Waals surface area contributed by atoms with E-state index >= 15 is 0 Å². The van der Waals surface area contributed by atoms with Crippen molar-refractivity contribution in [1.82, 2.24) is 10.0 Å². The van der Waals surface area contributed by atoms with E-state index in [2.05, 4.69) is 10.0 Å². The first-order chi connectivity index (χ1) is 10.6. The van der Waals surface area contributed by atoms with E-state index in [1.54, 1.807) is 0 Å². The van der Waals surface area contributed by atoms with Crippen LogP contribution in [0, 0.1) is 0 Å². The average molecular weight is 344 g/mol. The van der Waals surface area contributed by atoms with Gasteiger partial charge in [-0.15, -0.1) is 0 Å². The van der Waals surface area contributed by atoms with Gasteiger partial charge < -0.3 is 15.2 Å². The number of carboxylic acid groups (broad SMARTS) is 1. The SMILES string of the molecule is COCCNS(=O)(=O)c1cccc(C(=O)NC(C)(C)C(=O)O)c1. The van der Waals surface area contributed by atoms with Gasteiger partial charge in [-0.3, -0.25) is 4.79 Å². The second kappa shape index (κ2) is 7.53. The van der Waals surface area contributed by atoms with Gasteiger partial charge in [-0.2, -0.15) is 0 Å². The van der Waals surface area contributed by atoms with E-state index in [0.717, 1.165) is 0 Å². The van der Waals surface area contributed by atoms with Crippen LogP contribution in [-0.4, -0.2) is 51.2 Å². The van der Waals surface area contributed by atoms with E-state index in [9.17, 15) is 18.0 Å². The summed E-state index contributed by atoms with van der Waals surface area (Å²) in [5.41, 5.74) is -1.42. The molecule has 1 aromatic carbocycles. The molecular formula is C14H20N2O6S. The molecule has 0 fully saturated rings. The maximum absolute atomic E-state index is 12.1. The van der Waals surface area contributed by atoms with Crippen LogP contribution < -0.4 is 10.0 Å². The molecule has 8 nitrogen and oxygen atoms in total. The minimum Gasteiger partial charge on any atom is -0.480 e. The average Bonchev–Trinajstić information content (AvgIpc) is 2.47. The minimum atomic E-state index is -3.77. The molecule has 0 atom stereocenters. The predicted molar refractivity (Wildman–Crippen MR) is 82.7 cm³/mol. The van der Waals surface area contributed by atoms with Gasteiger partial charge in [0.2, 0.25) is 10.0 Å². The largest absolute Gasteiger partial charge is 0.480 e. The smallest absolute Gasteiger partial charge is 0.328 e. The Morgan fingerprint density at radius 3 is 2.52 bits per heavy atom. The number of rotatable bonds is 8. The van der Waals surface area contributed by atoms with Gasteiger partial charge in [-0.1, -0.05) is 6.07 Å². The van der Waals surface area contributed by atoms with Crippen molar-refractivity contribution in [3.8, 4) is 0 Å². The summed E-state index contributed by atoms with van der Waals surface area (Å²) in [5, 5.41) is 11.3. The third kappa shape index (κ3) is 5.31. The van der Waals surface area contributed by atoms with Crippen molar-refractivity contribution >= 4 is 21.9 Å². The van der Waals surface area contributed by atoms with Crippen LogP contribution in [0.4, 0.5) is 0 Å². The van der Waals surface area contributed by atoms with Gasteiger partial charge >= 0.3 is 5.97 Å². The number of amides is 1. The fraction of sp³-hybridized carbons (Fsp3) is 0.429. The lowest BCUT2D eigenvalue weighted by molar-refractivity contribution is -0.143. The summed E-state index contributed by atoms with van der Waals surface area (Å²) < 4.78 is 31.3. The van der Waals surface area contributed by atoms with Gasteiger partial charge in [0, 0.05) is 19.2 Å². The van der Waals surface area contributed by atoms with Gasteiger partial charge in [0.05, 0.1) is 11.5 Å². The topological polar surface area (TPSA) is 122 Å². The lowest BCUT2D eigenvalue weighted by Gasteiger charge is -2.21. The normalized spacial score (nSPS) is 12.0. The summed E-state index contributed by atoms with van der Waals surface area (Å²) in [5.74, 6) is -1.87. The van der Waals surface area contributed by atoms with Crippen LogP contribution in [0.25, 0.3) is 0 Å². The molecule has 1 amide bonds. The second-order valence-electron chi connectivity index (χ2n) is 5.30. The zero-order chi connectivity index (χ0) is 17.7. The Labute approximate surface area is 134 Å². The first kappa shape index (κ1) is 19.1. The summed E-state index contributed by atoms with van der Waals surface area (Å²) in [6.45, 7) is 2.98. The van der Waals surface area contributed by atoms with Crippen molar-refractivity contribution in [3.05, 3.63) is 29.8 Å². The Bertz CT molecular complexity index is 684. The second-order valence-corrected chi connectivity index (χ2v) is 7.07. The summed E-state index contributed by atoms with van der Waals surface area (Å²) in [6.07, 6.45) is 0. The fourth-order valence-electron chi connectivity index (χ4n) is 1.58. The molecule has 0 heterocycles. The molecule has 0 radical (unpaired) electrons. The predicted octanol–water partition coefficient (Wildman–Crippen LogP) is 0.204. The highest BCUT2D eigenvalue weighted by Gasteiger charge is 2.29. The van der Waals surface area contributed by atoms with Crippen LogP contribution >= 0.6 is 0 Å². The molecule has 0 aromatic heterocycles. The lowest BCUT2D eigenvalue weighted by Crippen LogP contribution is -2.49. The molecular weight excluding hydrogens is 324 g/mol. The number of hydrogen-bond acceptors (Lipinski definition) is 5. The molecule has 0 bridgehead atoms. The van der Waals surface area contributed by atoms with Crippen LogP contribution in [0.2, 0.25) is 0 Å². The molecule has 1 aromatic rings. The fourth-order valence-corrected chi connectivity index (χ4v) is 2.63. The molecule has 23 heavy (non-hydrogen) atoms. The number of carboxylic acids is 1. The number of sulfonamides is 1. The van der Waals surface area contributed by atoms with E-state index < -0.39 is 27.4 Å². The summed E-state index contributed by atoms with van der Waals surface area (Å²) in [7, 11) is -2.33. The van der Waals surface area contributed by atoms with E-state index in [-0.39, 0.29) is 23.6 Å². The molecule has 128 valence electrons. The van der Waals surface area contributed by atoms with Gasteiger partial charge in [-0.25, -0.2) is 17.9 Å². The molecule has 0 saturated heterocycles. The van der Waals surface area contributed by atoms with Crippen LogP contribution in [0.5, 0.6) is 0 Å². The Kier molecular flexibility index (Phi) is 6.25. The summed E-state index contributed by atoms with van der Waals surface area (Å²) in [6, 6.07) is 5.34. The maximum atomic E-state index is 12.1. The molecule has 0 aliphatic rings. The highest BCUT2D eigenvalue weighted by molar-refractivity contribution is 7.89. The Morgan fingerprint density at radius 2 is 1.96 bits per heavy atom. The van der Waals surface area contributed by atoms with Crippen LogP contribution in [-0.2, 0) is 19.6 Å². The van der Waals surface area contributed by atoms with E-state index in [1.807, 2.05) is 0 Å². The van der Waals surface area contributed by atoms with Crippen molar-refractivity contribution in [2.75, 3.05) is 20.3 Å². The van der Waals surface area contributed by atoms with E-state index in [4.69, 9.17) is 9.84 Å². The Hall–Kier alpha value is -1.97. The number of nitrogens with one attached hydrogen (secondary N) is 2. The van der Waals surface area contributed by atoms with Crippen LogP contribution in [0.15, 0.2) is 29.2 Å². The molecule has 9 heteroatoms. The molecule has 1 rings (SSSR count). The molecule has 0 spiro atoms. The van der Waals surface area contributed by atoms with Crippen molar-refractivity contribution in [2.45, 2.75) is 24.3 Å². The summed E-state index contributed by atoms with van der Waals surface area (Å²) in [4.78, 5) is 23.0. The summed E-state index contributed by atoms with van der Waals surface area (Å²) >= 11 is 0. The number of aliphatic carboxylic acids is 1. The van der Waals surface area contributed by atoms with Gasteiger partial charge in [0.25, 0.3) is 5.91 Å². The highest BCUT2D eigenvalue weighted by atomic mass is 32.2. The number of benzene rings is 1. The molecule has 0 aliphatic heterocycles. The number of carbonyl (C=O) groups is 2. The minimum absolute atomic E-state index is 0.0499. The first-order valence-corrected chi connectivity index (χ1v) is 8.23. The zero-order valence-electron chi connectivity index (χ0n) is 13.1. The standard InChI is InChI=1S/C14H20N2O6S/c1-14(2,13(18)19)16-12(17)10-5-4-6-11(9-10)23(20,21)15-7-8-22-3/h4-6,9,15H,7-8H2,1-3H3,(H,16,17)(H,18,19). The maximum Gasteiger partial charge on any atom is 0.328 e. The van der Waals surface area contributed by atoms with Crippen molar-refractivity contribution in [1.29, 1.82) is 0 Å². The van der Waals surface area contributed by atoms with Crippen molar-refractivity contribution in [2.24, 2.45) is 0 Å². The lowest BCUT2D eigenvalue weighted by atomic mass is 10.1. The molecule has 0 aliphatic carbocycles. The third-order valence-electron chi connectivity index (χ3n) is 2.97. The molecule has 3 N–H and O–H groups in total. The van der Waals surface area contributed by atoms with Crippen molar-refractivity contribution in [3.63, 3.8) is 0 Å². The molecule has 0 saturated carbocycles. The van der Waals surface area contributed by atoms with Crippen LogP contribution in [0.3, 0.4) is 0 Å².